The van der Waals surface area contributed by atoms with Gasteiger partial charge >= 0.3 is 6.03 Å². The van der Waals surface area contributed by atoms with Crippen molar-refractivity contribution in [2.45, 2.75) is 37.8 Å². The van der Waals surface area contributed by atoms with Gasteiger partial charge in [-0.05, 0) is 37.8 Å². The third kappa shape index (κ3) is 2.16. The molecule has 1 saturated carbocycles. The van der Waals surface area contributed by atoms with E-state index in [9.17, 15) is 4.79 Å². The standard InChI is InChI=1S/C15H17N3OS/c19-15(16-10-7-8-10)18-9-3-5-12(18)14-17-11-4-1-2-6-13(11)20-14/h1-2,4,6,10,12H,3,5,7-9H2,(H,16,19)/t12-/m0/s1. The molecule has 1 aliphatic carbocycles. The smallest absolute Gasteiger partial charge is 0.318 e. The quantitative estimate of drug-likeness (QED) is 0.921. The number of hydrogen-bond acceptors (Lipinski definition) is 3. The van der Waals surface area contributed by atoms with Crippen molar-refractivity contribution in [3.8, 4) is 0 Å². The number of carbonyl (C=O) groups excluding carboxylic acids is 1. The topological polar surface area (TPSA) is 45.2 Å². The highest BCUT2D eigenvalue weighted by Gasteiger charge is 2.34. The zero-order chi connectivity index (χ0) is 13.5. The minimum Gasteiger partial charge on any atom is -0.335 e. The summed E-state index contributed by atoms with van der Waals surface area (Å²) in [4.78, 5) is 19.0. The van der Waals surface area contributed by atoms with Crippen LogP contribution in [-0.4, -0.2) is 28.5 Å². The number of aromatic nitrogens is 1. The number of urea groups is 1. The monoisotopic (exact) mass is 287 g/mol. The van der Waals surface area contributed by atoms with E-state index in [-0.39, 0.29) is 12.1 Å². The number of rotatable bonds is 2. The average molecular weight is 287 g/mol. The fourth-order valence-electron chi connectivity index (χ4n) is 2.78. The Morgan fingerprint density at radius 2 is 2.15 bits per heavy atom. The van der Waals surface area contributed by atoms with Gasteiger partial charge in [0.1, 0.15) is 5.01 Å². The second-order valence-corrected chi connectivity index (χ2v) is 6.66. The Balaban J connectivity index is 1.60. The summed E-state index contributed by atoms with van der Waals surface area (Å²) in [6, 6.07) is 8.85. The SMILES string of the molecule is O=C(NC1CC1)N1CCC[C@H]1c1nc2ccccc2s1. The van der Waals surface area contributed by atoms with Crippen LogP contribution in [0.15, 0.2) is 24.3 Å². The third-order valence-electron chi connectivity index (χ3n) is 4.01. The molecule has 4 nitrogen and oxygen atoms in total. The van der Waals surface area contributed by atoms with E-state index in [0.717, 1.165) is 42.8 Å². The number of carbonyl (C=O) groups is 1. The van der Waals surface area contributed by atoms with Crippen LogP contribution in [0.4, 0.5) is 4.79 Å². The van der Waals surface area contributed by atoms with Gasteiger partial charge in [-0.15, -0.1) is 11.3 Å². The number of hydrogen-bond donors (Lipinski definition) is 1. The van der Waals surface area contributed by atoms with Gasteiger partial charge in [0.15, 0.2) is 0 Å². The molecular weight excluding hydrogens is 270 g/mol. The average Bonchev–Trinajstić information content (AvgIpc) is 3.00. The van der Waals surface area contributed by atoms with Crippen LogP contribution in [0.1, 0.15) is 36.7 Å². The van der Waals surface area contributed by atoms with E-state index >= 15 is 0 Å². The molecule has 5 heteroatoms. The molecule has 20 heavy (non-hydrogen) atoms. The predicted octanol–water partition coefficient (Wildman–Crippen LogP) is 3.31. The molecule has 0 unspecified atom stereocenters. The number of fused-ring (bicyclic) bond motifs is 1. The van der Waals surface area contributed by atoms with Gasteiger partial charge in [-0.2, -0.15) is 0 Å². The Morgan fingerprint density at radius 3 is 2.95 bits per heavy atom. The van der Waals surface area contributed by atoms with Crippen molar-refractivity contribution in [3.05, 3.63) is 29.3 Å². The van der Waals surface area contributed by atoms with Crippen LogP contribution in [0, 0.1) is 0 Å². The summed E-state index contributed by atoms with van der Waals surface area (Å²) in [5.41, 5.74) is 1.04. The van der Waals surface area contributed by atoms with Gasteiger partial charge in [0.25, 0.3) is 0 Å². The van der Waals surface area contributed by atoms with Crippen molar-refractivity contribution in [2.75, 3.05) is 6.54 Å². The molecule has 0 spiro atoms. The molecular formula is C15H17N3OS. The molecule has 104 valence electrons. The van der Waals surface area contributed by atoms with Crippen LogP contribution in [0.3, 0.4) is 0 Å². The van der Waals surface area contributed by atoms with Crippen molar-refractivity contribution in [3.63, 3.8) is 0 Å². The summed E-state index contributed by atoms with van der Waals surface area (Å²) in [6.45, 7) is 0.846. The number of nitrogens with one attached hydrogen (secondary N) is 1. The van der Waals surface area contributed by atoms with E-state index < -0.39 is 0 Å². The summed E-state index contributed by atoms with van der Waals surface area (Å²) in [5.74, 6) is 0. The summed E-state index contributed by atoms with van der Waals surface area (Å²) < 4.78 is 1.21. The van der Waals surface area contributed by atoms with Crippen molar-refractivity contribution in [1.29, 1.82) is 0 Å². The van der Waals surface area contributed by atoms with Crippen molar-refractivity contribution >= 4 is 27.6 Å². The Morgan fingerprint density at radius 1 is 1.30 bits per heavy atom. The van der Waals surface area contributed by atoms with Gasteiger partial charge in [0.05, 0.1) is 16.3 Å². The Kier molecular flexibility index (Phi) is 2.88. The molecule has 2 amide bonds. The number of para-hydroxylation sites is 1. The maximum Gasteiger partial charge on any atom is 0.318 e. The second kappa shape index (κ2) is 4.74. The fourth-order valence-corrected chi connectivity index (χ4v) is 3.90. The maximum absolute atomic E-state index is 12.3. The molecule has 1 saturated heterocycles. The summed E-state index contributed by atoms with van der Waals surface area (Å²) in [7, 11) is 0. The van der Waals surface area contributed by atoms with Crippen LogP contribution in [-0.2, 0) is 0 Å². The van der Waals surface area contributed by atoms with E-state index in [4.69, 9.17) is 4.98 Å². The molecule has 0 bridgehead atoms. The van der Waals surface area contributed by atoms with Crippen LogP contribution < -0.4 is 5.32 Å². The van der Waals surface area contributed by atoms with Gasteiger partial charge in [-0.3, -0.25) is 0 Å². The Bertz CT molecular complexity index is 616. The van der Waals surface area contributed by atoms with Crippen LogP contribution in [0.2, 0.25) is 0 Å². The van der Waals surface area contributed by atoms with E-state index in [1.807, 2.05) is 23.1 Å². The van der Waals surface area contributed by atoms with Crippen LogP contribution in [0.5, 0.6) is 0 Å². The van der Waals surface area contributed by atoms with Crippen LogP contribution >= 0.6 is 11.3 Å². The maximum atomic E-state index is 12.3. The number of benzene rings is 1. The zero-order valence-electron chi connectivity index (χ0n) is 11.2. The minimum absolute atomic E-state index is 0.0919. The highest BCUT2D eigenvalue weighted by atomic mass is 32.1. The first-order valence-electron chi connectivity index (χ1n) is 7.24. The normalized spacial score (nSPS) is 22.4. The number of amides is 2. The van der Waals surface area contributed by atoms with Crippen LogP contribution in [0.25, 0.3) is 10.2 Å². The second-order valence-electron chi connectivity index (χ2n) is 5.60. The first kappa shape index (κ1) is 12.1. The highest BCUT2D eigenvalue weighted by molar-refractivity contribution is 7.18. The Labute approximate surface area is 121 Å². The molecule has 2 aromatic rings. The lowest BCUT2D eigenvalue weighted by Crippen LogP contribution is -2.40. The molecule has 1 aliphatic heterocycles. The van der Waals surface area contributed by atoms with E-state index in [0.29, 0.717) is 6.04 Å². The van der Waals surface area contributed by atoms with Gasteiger partial charge < -0.3 is 10.2 Å². The molecule has 1 atom stereocenters. The number of likely N-dealkylation sites (tertiary alicyclic amines) is 1. The molecule has 2 fully saturated rings. The summed E-state index contributed by atoms with van der Waals surface area (Å²) in [5, 5.41) is 4.17. The van der Waals surface area contributed by atoms with Gasteiger partial charge in [0, 0.05) is 12.6 Å². The highest BCUT2D eigenvalue weighted by Crippen LogP contribution is 2.36. The lowest BCUT2D eigenvalue weighted by molar-refractivity contribution is 0.192. The molecule has 1 N–H and O–H groups in total. The van der Waals surface area contributed by atoms with E-state index in [2.05, 4.69) is 11.4 Å². The van der Waals surface area contributed by atoms with Crippen molar-refractivity contribution < 1.29 is 4.79 Å². The minimum atomic E-state index is 0.0919. The zero-order valence-corrected chi connectivity index (χ0v) is 12.0. The molecule has 2 heterocycles. The van der Waals surface area contributed by atoms with E-state index in [1.165, 1.54) is 4.70 Å². The van der Waals surface area contributed by atoms with Gasteiger partial charge in [-0.1, -0.05) is 12.1 Å². The van der Waals surface area contributed by atoms with Gasteiger partial charge in [0.2, 0.25) is 0 Å². The third-order valence-corrected chi connectivity index (χ3v) is 5.15. The van der Waals surface area contributed by atoms with Gasteiger partial charge in [-0.25, -0.2) is 9.78 Å². The summed E-state index contributed by atoms with van der Waals surface area (Å²) in [6.07, 6.45) is 4.35. The van der Waals surface area contributed by atoms with Crippen molar-refractivity contribution in [2.24, 2.45) is 0 Å². The summed E-state index contributed by atoms with van der Waals surface area (Å²) >= 11 is 1.72. The largest absolute Gasteiger partial charge is 0.335 e. The van der Waals surface area contributed by atoms with Crippen molar-refractivity contribution in [1.82, 2.24) is 15.2 Å². The molecule has 0 radical (unpaired) electrons. The lowest BCUT2D eigenvalue weighted by Gasteiger charge is -2.23. The fraction of sp³-hybridized carbons (Fsp3) is 0.467. The molecule has 2 aliphatic rings. The molecule has 1 aromatic heterocycles. The number of nitrogens with zero attached hydrogens (tertiary/aromatic N) is 2. The molecule has 4 rings (SSSR count). The molecule has 1 aromatic carbocycles. The van der Waals surface area contributed by atoms with E-state index in [1.54, 1.807) is 11.3 Å². The first-order chi connectivity index (χ1) is 9.81. The number of thiazole rings is 1. The first-order valence-corrected chi connectivity index (χ1v) is 8.05. The predicted molar refractivity (Wildman–Crippen MR) is 79.9 cm³/mol. The lowest BCUT2D eigenvalue weighted by atomic mass is 10.2. The Hall–Kier alpha value is -1.62.